The lowest BCUT2D eigenvalue weighted by atomic mass is 9.77. The van der Waals surface area contributed by atoms with E-state index >= 15 is 0 Å². The van der Waals surface area contributed by atoms with Crippen molar-refractivity contribution < 1.29 is 18.0 Å². The molecule has 3 heterocycles. The van der Waals surface area contributed by atoms with Crippen LogP contribution in [0.3, 0.4) is 0 Å². The first-order valence-electron chi connectivity index (χ1n) is 10.9. The topological polar surface area (TPSA) is 99.7 Å². The number of piperidine rings is 1. The smallest absolute Gasteiger partial charge is 0.331 e. The Kier molecular flexibility index (Phi) is 6.67. The van der Waals surface area contributed by atoms with Crippen molar-refractivity contribution in [2.24, 2.45) is 5.41 Å². The number of carbonyl (C=O) groups is 2. The van der Waals surface area contributed by atoms with Crippen molar-refractivity contribution in [2.45, 2.75) is 36.1 Å². The Bertz CT molecular complexity index is 1140. The minimum absolute atomic E-state index is 0.0147. The maximum Gasteiger partial charge on any atom is 0.331 e. The van der Waals surface area contributed by atoms with Gasteiger partial charge in [0.1, 0.15) is 5.03 Å². The predicted molar refractivity (Wildman–Crippen MR) is 127 cm³/mol. The van der Waals surface area contributed by atoms with Crippen LogP contribution in [0.1, 0.15) is 35.2 Å². The molecule has 2 fully saturated rings. The molecule has 4 rings (SSSR count). The molecule has 2 aromatic rings. The maximum atomic E-state index is 13.0. The molecule has 2 saturated heterocycles. The number of nitrogens with one attached hydrogen (secondary N) is 1. The van der Waals surface area contributed by atoms with E-state index in [0.29, 0.717) is 31.7 Å². The third kappa shape index (κ3) is 5.01. The fourth-order valence-corrected chi connectivity index (χ4v) is 6.06. The van der Waals surface area contributed by atoms with E-state index in [4.69, 9.17) is 0 Å². The van der Waals surface area contributed by atoms with E-state index in [2.05, 4.69) is 9.71 Å². The molecule has 0 unspecified atom stereocenters. The number of hydrogen-bond acceptors (Lipinski definition) is 6. The van der Waals surface area contributed by atoms with Crippen LogP contribution in [0.15, 0.2) is 52.5 Å². The van der Waals surface area contributed by atoms with Crippen LogP contribution >= 0.6 is 11.8 Å². The Morgan fingerprint density at radius 3 is 2.30 bits per heavy atom. The maximum absolute atomic E-state index is 13.0. The van der Waals surface area contributed by atoms with Crippen LogP contribution in [-0.4, -0.2) is 67.6 Å². The highest BCUT2D eigenvalue weighted by atomic mass is 32.2. The van der Waals surface area contributed by atoms with Gasteiger partial charge in [0.25, 0.3) is 15.9 Å². The number of amides is 3. The molecule has 2 aliphatic rings. The predicted octanol–water partition coefficient (Wildman–Crippen LogP) is 3.14. The Hall–Kier alpha value is -2.59. The van der Waals surface area contributed by atoms with E-state index in [1.54, 1.807) is 29.3 Å². The molecule has 1 aromatic carbocycles. The molecular weight excluding hydrogens is 460 g/mol. The molecule has 33 heavy (non-hydrogen) atoms. The summed E-state index contributed by atoms with van der Waals surface area (Å²) in [7, 11) is -3.92. The summed E-state index contributed by atoms with van der Waals surface area (Å²) in [5.74, 6) is -0.0147. The molecule has 176 valence electrons. The van der Waals surface area contributed by atoms with Crippen molar-refractivity contribution >= 4 is 33.7 Å². The van der Waals surface area contributed by atoms with Gasteiger partial charge in [0.15, 0.2) is 0 Å². The second-order valence-corrected chi connectivity index (χ2v) is 11.2. The van der Waals surface area contributed by atoms with Crippen molar-refractivity contribution in [2.75, 3.05) is 32.4 Å². The van der Waals surface area contributed by atoms with Gasteiger partial charge >= 0.3 is 6.03 Å². The summed E-state index contributed by atoms with van der Waals surface area (Å²) in [5.41, 5.74) is 1.48. The lowest BCUT2D eigenvalue weighted by Crippen LogP contribution is -2.46. The van der Waals surface area contributed by atoms with E-state index in [-0.39, 0.29) is 16.2 Å². The van der Waals surface area contributed by atoms with E-state index < -0.39 is 16.1 Å². The lowest BCUT2D eigenvalue weighted by molar-refractivity contribution is 0.0590. The second-order valence-electron chi connectivity index (χ2n) is 8.75. The quantitative estimate of drug-likeness (QED) is 0.664. The molecule has 1 aromatic heterocycles. The minimum Gasteiger partial charge on any atom is -0.339 e. The third-order valence-corrected chi connectivity index (χ3v) is 8.63. The molecule has 0 bridgehead atoms. The summed E-state index contributed by atoms with van der Waals surface area (Å²) in [6.07, 6.45) is 5.95. The monoisotopic (exact) mass is 488 g/mol. The summed E-state index contributed by atoms with van der Waals surface area (Å²) < 4.78 is 27.4. The van der Waals surface area contributed by atoms with Gasteiger partial charge in [0.2, 0.25) is 0 Å². The number of aromatic nitrogens is 1. The second kappa shape index (κ2) is 9.34. The SMILES string of the molecule is CSc1ncccc1C(=O)N1CCC2(CCN(C(=O)NS(=O)(=O)c3ccc(C)cc3)C2)CC1. The fourth-order valence-electron chi connectivity index (χ4n) is 4.54. The summed E-state index contributed by atoms with van der Waals surface area (Å²) in [5, 5.41) is 0.723. The summed E-state index contributed by atoms with van der Waals surface area (Å²) >= 11 is 1.45. The van der Waals surface area contributed by atoms with Crippen LogP contribution in [0.5, 0.6) is 0 Å². The van der Waals surface area contributed by atoms with Gasteiger partial charge in [0, 0.05) is 32.4 Å². The zero-order valence-electron chi connectivity index (χ0n) is 18.8. The van der Waals surface area contributed by atoms with Crippen molar-refractivity contribution in [3.8, 4) is 0 Å². The Balaban J connectivity index is 1.35. The van der Waals surface area contributed by atoms with Crippen molar-refractivity contribution in [3.63, 3.8) is 0 Å². The van der Waals surface area contributed by atoms with Crippen LogP contribution in [0.25, 0.3) is 0 Å². The van der Waals surface area contributed by atoms with Gasteiger partial charge in [-0.05, 0) is 62.1 Å². The average molecular weight is 489 g/mol. The number of benzene rings is 1. The Morgan fingerprint density at radius 2 is 1.67 bits per heavy atom. The first kappa shape index (κ1) is 23.6. The van der Waals surface area contributed by atoms with Gasteiger partial charge in [-0.2, -0.15) is 0 Å². The number of pyridine rings is 1. The number of thioether (sulfide) groups is 1. The Morgan fingerprint density at radius 1 is 1.03 bits per heavy atom. The molecular formula is C23H28N4O4S2. The molecule has 2 aliphatic heterocycles. The van der Waals surface area contributed by atoms with Crippen LogP contribution in [0.2, 0.25) is 0 Å². The number of carbonyl (C=O) groups excluding carboxylic acids is 2. The van der Waals surface area contributed by atoms with Gasteiger partial charge in [0.05, 0.1) is 10.5 Å². The van der Waals surface area contributed by atoms with Crippen molar-refractivity contribution in [1.29, 1.82) is 0 Å². The van der Waals surface area contributed by atoms with E-state index in [1.807, 2.05) is 24.1 Å². The first-order chi connectivity index (χ1) is 15.7. The molecule has 0 saturated carbocycles. The van der Waals surface area contributed by atoms with Crippen molar-refractivity contribution in [1.82, 2.24) is 19.5 Å². The zero-order chi connectivity index (χ0) is 23.6. The van der Waals surface area contributed by atoms with Crippen LogP contribution in [-0.2, 0) is 10.0 Å². The van der Waals surface area contributed by atoms with Crippen LogP contribution in [0.4, 0.5) is 4.79 Å². The molecule has 0 radical (unpaired) electrons. The standard InChI is InChI=1S/C23H28N4O4S2/c1-17-5-7-18(8-6-17)33(30,31)25-22(29)27-15-11-23(16-27)9-13-26(14-10-23)21(28)19-4-3-12-24-20(19)32-2/h3-8,12H,9-11,13-16H2,1-2H3,(H,25,29). The third-order valence-electron chi connectivity index (χ3n) is 6.58. The van der Waals surface area contributed by atoms with Gasteiger partial charge in [-0.25, -0.2) is 22.9 Å². The lowest BCUT2D eigenvalue weighted by Gasteiger charge is -2.39. The highest BCUT2D eigenvalue weighted by Crippen LogP contribution is 2.40. The molecule has 0 atom stereocenters. The first-order valence-corrected chi connectivity index (χ1v) is 13.6. The van der Waals surface area contributed by atoms with Gasteiger partial charge < -0.3 is 9.80 Å². The van der Waals surface area contributed by atoms with E-state index in [9.17, 15) is 18.0 Å². The number of aryl methyl sites for hydroxylation is 1. The molecule has 0 aliphatic carbocycles. The normalized spacial score (nSPS) is 17.9. The zero-order valence-corrected chi connectivity index (χ0v) is 20.4. The van der Waals surface area contributed by atoms with Gasteiger partial charge in [-0.15, -0.1) is 11.8 Å². The minimum atomic E-state index is -3.92. The highest BCUT2D eigenvalue weighted by molar-refractivity contribution is 7.98. The summed E-state index contributed by atoms with van der Waals surface area (Å²) in [4.78, 5) is 33.5. The van der Waals surface area contributed by atoms with E-state index in [0.717, 1.165) is 29.9 Å². The number of sulfonamides is 1. The van der Waals surface area contributed by atoms with Crippen LogP contribution < -0.4 is 4.72 Å². The number of rotatable bonds is 4. The number of hydrogen-bond donors (Lipinski definition) is 1. The Labute approximate surface area is 198 Å². The summed E-state index contributed by atoms with van der Waals surface area (Å²) in [6, 6.07) is 9.38. The van der Waals surface area contributed by atoms with Gasteiger partial charge in [-0.1, -0.05) is 17.7 Å². The molecule has 10 heteroatoms. The average Bonchev–Trinajstić information content (AvgIpc) is 3.23. The molecule has 8 nitrogen and oxygen atoms in total. The number of likely N-dealkylation sites (tertiary alicyclic amines) is 2. The van der Waals surface area contributed by atoms with E-state index in [1.165, 1.54) is 23.9 Å². The van der Waals surface area contributed by atoms with Gasteiger partial charge in [-0.3, -0.25) is 4.79 Å². The molecule has 1 N–H and O–H groups in total. The fraction of sp³-hybridized carbons (Fsp3) is 0.435. The molecule has 1 spiro atoms. The largest absolute Gasteiger partial charge is 0.339 e. The number of nitrogens with zero attached hydrogens (tertiary/aromatic N) is 3. The molecule has 3 amide bonds. The van der Waals surface area contributed by atoms with Crippen LogP contribution in [0, 0.1) is 12.3 Å². The highest BCUT2D eigenvalue weighted by Gasteiger charge is 2.43. The van der Waals surface area contributed by atoms with Crippen molar-refractivity contribution in [3.05, 3.63) is 53.7 Å². The summed E-state index contributed by atoms with van der Waals surface area (Å²) in [6.45, 7) is 4.09. The number of urea groups is 1.